The van der Waals surface area contributed by atoms with E-state index in [4.69, 9.17) is 16.9 Å². The predicted octanol–water partition coefficient (Wildman–Crippen LogP) is 4.70. The summed E-state index contributed by atoms with van der Waals surface area (Å²) in [6, 6.07) is 18.5. The number of hydrogen-bond donors (Lipinski definition) is 1. The van der Waals surface area contributed by atoms with Gasteiger partial charge in [0.15, 0.2) is 0 Å². The maximum absolute atomic E-state index is 11.6. The molecule has 0 atom stereocenters. The van der Waals surface area contributed by atoms with Crippen LogP contribution in [0.1, 0.15) is 12.0 Å². The molecule has 0 aliphatic carbocycles. The van der Waals surface area contributed by atoms with E-state index in [0.29, 0.717) is 23.8 Å². The van der Waals surface area contributed by atoms with E-state index >= 15 is 0 Å². The average Bonchev–Trinajstić information content (AvgIpc) is 2.73. The summed E-state index contributed by atoms with van der Waals surface area (Å²) in [4.78, 5) is 21.2. The first kappa shape index (κ1) is 20.0. The Morgan fingerprint density at radius 3 is 2.55 bits per heavy atom. The summed E-state index contributed by atoms with van der Waals surface area (Å²) >= 11 is 5.90. The molecular weight excluding hydrogens is 392 g/mol. The SMILES string of the molecule is N#CCCN(Cc1ccccc1)c1nc(Nc2ccc(Cl)cc2)ncc1[N+](=O)[O-]. The highest BCUT2D eigenvalue weighted by molar-refractivity contribution is 6.30. The second-order valence-electron chi connectivity index (χ2n) is 6.11. The average molecular weight is 409 g/mol. The third-order valence-corrected chi connectivity index (χ3v) is 4.31. The maximum Gasteiger partial charge on any atom is 0.329 e. The smallest absolute Gasteiger partial charge is 0.329 e. The van der Waals surface area contributed by atoms with Gasteiger partial charge < -0.3 is 10.2 Å². The van der Waals surface area contributed by atoms with Crippen LogP contribution in [-0.2, 0) is 6.54 Å². The van der Waals surface area contributed by atoms with E-state index < -0.39 is 4.92 Å². The van der Waals surface area contributed by atoms with Crippen LogP contribution in [0.2, 0.25) is 5.02 Å². The molecule has 0 aliphatic heterocycles. The van der Waals surface area contributed by atoms with Crippen LogP contribution < -0.4 is 10.2 Å². The molecule has 0 bridgehead atoms. The van der Waals surface area contributed by atoms with Crippen LogP contribution in [0.3, 0.4) is 0 Å². The number of aromatic nitrogens is 2. The molecule has 9 heteroatoms. The number of benzene rings is 2. The molecule has 0 radical (unpaired) electrons. The van der Waals surface area contributed by atoms with Gasteiger partial charge in [0.25, 0.3) is 0 Å². The van der Waals surface area contributed by atoms with E-state index in [1.54, 1.807) is 29.2 Å². The molecule has 8 nitrogen and oxygen atoms in total. The van der Waals surface area contributed by atoms with Crippen molar-refractivity contribution in [1.29, 1.82) is 5.26 Å². The number of nitriles is 1. The fourth-order valence-corrected chi connectivity index (χ4v) is 2.83. The number of halogens is 1. The molecule has 3 rings (SSSR count). The zero-order valence-corrected chi connectivity index (χ0v) is 16.1. The van der Waals surface area contributed by atoms with Gasteiger partial charge >= 0.3 is 5.69 Å². The van der Waals surface area contributed by atoms with E-state index in [9.17, 15) is 10.1 Å². The zero-order chi connectivity index (χ0) is 20.6. The first-order valence-corrected chi connectivity index (χ1v) is 9.14. The highest BCUT2D eigenvalue weighted by atomic mass is 35.5. The van der Waals surface area contributed by atoms with Gasteiger partial charge in [0.05, 0.1) is 17.4 Å². The first-order chi connectivity index (χ1) is 14.1. The summed E-state index contributed by atoms with van der Waals surface area (Å²) in [5.41, 5.74) is 1.42. The Balaban J connectivity index is 1.96. The summed E-state index contributed by atoms with van der Waals surface area (Å²) in [6.07, 6.45) is 1.37. The van der Waals surface area contributed by atoms with Crippen LogP contribution in [0.5, 0.6) is 0 Å². The quantitative estimate of drug-likeness (QED) is 0.425. The Labute approximate surface area is 172 Å². The third kappa shape index (κ3) is 5.40. The number of nitro groups is 1. The van der Waals surface area contributed by atoms with Crippen molar-refractivity contribution >= 4 is 34.7 Å². The van der Waals surface area contributed by atoms with Crippen molar-refractivity contribution in [3.63, 3.8) is 0 Å². The van der Waals surface area contributed by atoms with Gasteiger partial charge in [-0.25, -0.2) is 4.98 Å². The minimum absolute atomic E-state index is 0.153. The lowest BCUT2D eigenvalue weighted by atomic mass is 10.2. The Kier molecular flexibility index (Phi) is 6.55. The Morgan fingerprint density at radius 2 is 1.90 bits per heavy atom. The largest absolute Gasteiger partial charge is 0.345 e. The van der Waals surface area contributed by atoms with Crippen molar-refractivity contribution in [1.82, 2.24) is 9.97 Å². The molecule has 0 fully saturated rings. The minimum Gasteiger partial charge on any atom is -0.345 e. The number of anilines is 3. The molecule has 0 unspecified atom stereocenters. The summed E-state index contributed by atoms with van der Waals surface area (Å²) in [5.74, 6) is 0.364. The monoisotopic (exact) mass is 408 g/mol. The first-order valence-electron chi connectivity index (χ1n) is 8.76. The minimum atomic E-state index is -0.522. The zero-order valence-electron chi connectivity index (χ0n) is 15.3. The van der Waals surface area contributed by atoms with Crippen LogP contribution in [0, 0.1) is 21.4 Å². The van der Waals surface area contributed by atoms with E-state index in [2.05, 4.69) is 21.4 Å². The van der Waals surface area contributed by atoms with Crippen molar-refractivity contribution in [3.05, 3.63) is 81.5 Å². The molecule has 1 aromatic heterocycles. The lowest BCUT2D eigenvalue weighted by molar-refractivity contribution is -0.384. The van der Waals surface area contributed by atoms with E-state index in [0.717, 1.165) is 5.56 Å². The second-order valence-corrected chi connectivity index (χ2v) is 6.54. The van der Waals surface area contributed by atoms with Gasteiger partial charge in [-0.1, -0.05) is 41.9 Å². The number of nitrogens with zero attached hydrogens (tertiary/aromatic N) is 5. The van der Waals surface area contributed by atoms with E-state index in [1.165, 1.54) is 6.20 Å². The van der Waals surface area contributed by atoms with Gasteiger partial charge in [0.2, 0.25) is 11.8 Å². The van der Waals surface area contributed by atoms with Crippen molar-refractivity contribution in [2.75, 3.05) is 16.8 Å². The predicted molar refractivity (Wildman–Crippen MR) is 111 cm³/mol. The number of rotatable bonds is 8. The molecule has 0 amide bonds. The summed E-state index contributed by atoms with van der Waals surface area (Å²) in [7, 11) is 0. The third-order valence-electron chi connectivity index (χ3n) is 4.06. The number of hydrogen-bond acceptors (Lipinski definition) is 7. The van der Waals surface area contributed by atoms with E-state index in [1.807, 2.05) is 30.3 Å². The Hall–Kier alpha value is -3.70. The highest BCUT2D eigenvalue weighted by Crippen LogP contribution is 2.29. The topological polar surface area (TPSA) is 108 Å². The van der Waals surface area contributed by atoms with Crippen molar-refractivity contribution in [3.8, 4) is 6.07 Å². The summed E-state index contributed by atoms with van der Waals surface area (Å²) in [5, 5.41) is 24.2. The molecule has 3 aromatic rings. The van der Waals surface area contributed by atoms with Crippen LogP contribution in [0.25, 0.3) is 0 Å². The van der Waals surface area contributed by atoms with Gasteiger partial charge in [-0.05, 0) is 29.8 Å². The molecule has 29 heavy (non-hydrogen) atoms. The van der Waals surface area contributed by atoms with Crippen LogP contribution in [-0.4, -0.2) is 21.4 Å². The van der Waals surface area contributed by atoms with Crippen LogP contribution in [0.15, 0.2) is 60.8 Å². The second kappa shape index (κ2) is 9.48. The molecule has 146 valence electrons. The molecule has 0 saturated heterocycles. The van der Waals surface area contributed by atoms with Gasteiger partial charge in [-0.15, -0.1) is 0 Å². The van der Waals surface area contributed by atoms with Gasteiger partial charge in [0, 0.05) is 23.8 Å². The summed E-state index contributed by atoms with van der Waals surface area (Å²) in [6.45, 7) is 0.671. The fourth-order valence-electron chi connectivity index (χ4n) is 2.70. The van der Waals surface area contributed by atoms with Crippen molar-refractivity contribution in [2.24, 2.45) is 0 Å². The Bertz CT molecular complexity index is 1020. The normalized spacial score (nSPS) is 10.2. The lowest BCUT2D eigenvalue weighted by Crippen LogP contribution is -2.26. The lowest BCUT2D eigenvalue weighted by Gasteiger charge is -2.23. The summed E-state index contributed by atoms with van der Waals surface area (Å²) < 4.78 is 0. The van der Waals surface area contributed by atoms with Crippen LogP contribution >= 0.6 is 11.6 Å². The number of nitrogens with one attached hydrogen (secondary N) is 1. The van der Waals surface area contributed by atoms with Gasteiger partial charge in [-0.3, -0.25) is 10.1 Å². The fraction of sp³-hybridized carbons (Fsp3) is 0.150. The van der Waals surface area contributed by atoms with E-state index in [-0.39, 0.29) is 23.9 Å². The molecule has 2 aromatic carbocycles. The van der Waals surface area contributed by atoms with Crippen LogP contribution in [0.4, 0.5) is 23.1 Å². The highest BCUT2D eigenvalue weighted by Gasteiger charge is 2.23. The maximum atomic E-state index is 11.6. The standard InChI is InChI=1S/C20H17ClN6O2/c21-16-7-9-17(10-8-16)24-20-23-13-18(27(28)29)19(25-20)26(12-4-11-22)14-15-5-2-1-3-6-15/h1-3,5-10,13H,4,12,14H2,(H,23,24,25). The Morgan fingerprint density at radius 1 is 1.17 bits per heavy atom. The molecule has 1 N–H and O–H groups in total. The van der Waals surface area contributed by atoms with Gasteiger partial charge in [0.1, 0.15) is 6.20 Å². The molecule has 1 heterocycles. The van der Waals surface area contributed by atoms with Crippen molar-refractivity contribution in [2.45, 2.75) is 13.0 Å². The molecule has 0 saturated carbocycles. The molecule has 0 aliphatic rings. The van der Waals surface area contributed by atoms with Crippen molar-refractivity contribution < 1.29 is 4.92 Å². The van der Waals surface area contributed by atoms with Gasteiger partial charge in [-0.2, -0.15) is 10.2 Å². The molecule has 0 spiro atoms. The molecular formula is C20H17ClN6O2.